The predicted molar refractivity (Wildman–Crippen MR) is 54.5 cm³/mol. The number of aryl methyl sites for hydroxylation is 2. The highest BCUT2D eigenvalue weighted by atomic mass is 16.3. The van der Waals surface area contributed by atoms with E-state index < -0.39 is 6.10 Å². The van der Waals surface area contributed by atoms with E-state index in [1.165, 1.54) is 5.56 Å². The molecule has 0 spiro atoms. The summed E-state index contributed by atoms with van der Waals surface area (Å²) in [5.74, 6) is 0. The van der Waals surface area contributed by atoms with E-state index in [0.29, 0.717) is 13.0 Å². The van der Waals surface area contributed by atoms with Gasteiger partial charge in [-0.25, -0.2) is 0 Å². The molecule has 0 fully saturated rings. The van der Waals surface area contributed by atoms with Gasteiger partial charge in [0.25, 0.3) is 0 Å². The summed E-state index contributed by atoms with van der Waals surface area (Å²) in [7, 11) is 0. The van der Waals surface area contributed by atoms with Crippen LogP contribution in [0.25, 0.3) is 0 Å². The fourth-order valence-electron chi connectivity index (χ4n) is 1.43. The summed E-state index contributed by atoms with van der Waals surface area (Å²) in [4.78, 5) is 0. The van der Waals surface area contributed by atoms with Gasteiger partial charge in [-0.15, -0.1) is 0 Å². The van der Waals surface area contributed by atoms with Crippen molar-refractivity contribution in [2.45, 2.75) is 26.4 Å². The van der Waals surface area contributed by atoms with Crippen molar-refractivity contribution in [1.82, 2.24) is 0 Å². The fraction of sp³-hybridized carbons (Fsp3) is 0.455. The number of aliphatic hydroxyl groups is 1. The van der Waals surface area contributed by atoms with Gasteiger partial charge in [0.1, 0.15) is 0 Å². The molecule has 2 nitrogen and oxygen atoms in total. The Balaban J connectivity index is 2.91. The normalized spacial score (nSPS) is 12.9. The van der Waals surface area contributed by atoms with Crippen molar-refractivity contribution in [3.05, 3.63) is 34.9 Å². The Bertz CT molecular complexity index is 283. The molecule has 0 saturated heterocycles. The minimum atomic E-state index is -0.412. The molecule has 0 amide bonds. The Labute approximate surface area is 79.4 Å². The van der Waals surface area contributed by atoms with Crippen LogP contribution in [0.2, 0.25) is 0 Å². The van der Waals surface area contributed by atoms with Gasteiger partial charge in [-0.1, -0.05) is 23.8 Å². The highest BCUT2D eigenvalue weighted by Gasteiger charge is 2.08. The second-order valence-corrected chi connectivity index (χ2v) is 3.45. The minimum Gasteiger partial charge on any atom is -0.388 e. The lowest BCUT2D eigenvalue weighted by molar-refractivity contribution is 0.169. The van der Waals surface area contributed by atoms with Crippen LogP contribution in [0.4, 0.5) is 0 Å². The van der Waals surface area contributed by atoms with E-state index >= 15 is 0 Å². The molecule has 3 N–H and O–H groups in total. The molecule has 0 saturated carbocycles. The molecule has 0 aliphatic heterocycles. The van der Waals surface area contributed by atoms with Crippen molar-refractivity contribution in [2.75, 3.05) is 6.54 Å². The highest BCUT2D eigenvalue weighted by Crippen LogP contribution is 2.21. The summed E-state index contributed by atoms with van der Waals surface area (Å²) >= 11 is 0. The van der Waals surface area contributed by atoms with E-state index in [0.717, 1.165) is 11.1 Å². The lowest BCUT2D eigenvalue weighted by Crippen LogP contribution is -2.08. The van der Waals surface area contributed by atoms with Gasteiger partial charge >= 0.3 is 0 Å². The Hall–Kier alpha value is -0.860. The van der Waals surface area contributed by atoms with Gasteiger partial charge in [0.2, 0.25) is 0 Å². The molecule has 0 aromatic heterocycles. The first-order valence-corrected chi connectivity index (χ1v) is 4.60. The van der Waals surface area contributed by atoms with Crippen LogP contribution < -0.4 is 5.73 Å². The van der Waals surface area contributed by atoms with Gasteiger partial charge in [-0.2, -0.15) is 0 Å². The van der Waals surface area contributed by atoms with Crippen molar-refractivity contribution in [3.63, 3.8) is 0 Å². The zero-order valence-corrected chi connectivity index (χ0v) is 8.25. The van der Waals surface area contributed by atoms with Crippen LogP contribution in [-0.2, 0) is 0 Å². The van der Waals surface area contributed by atoms with Gasteiger partial charge < -0.3 is 10.8 Å². The lowest BCUT2D eigenvalue weighted by atomic mass is 9.99. The van der Waals surface area contributed by atoms with Crippen LogP contribution in [0.15, 0.2) is 18.2 Å². The van der Waals surface area contributed by atoms with Crippen LogP contribution in [0.3, 0.4) is 0 Å². The first kappa shape index (κ1) is 10.2. The van der Waals surface area contributed by atoms with E-state index in [1.807, 2.05) is 32.0 Å². The predicted octanol–water partition coefficient (Wildman–Crippen LogP) is 1.69. The molecule has 2 heteroatoms. The fourth-order valence-corrected chi connectivity index (χ4v) is 1.43. The van der Waals surface area contributed by atoms with Crippen LogP contribution in [0.5, 0.6) is 0 Å². The molecule has 13 heavy (non-hydrogen) atoms. The first-order valence-electron chi connectivity index (χ1n) is 4.60. The summed E-state index contributed by atoms with van der Waals surface area (Å²) in [5, 5.41) is 9.75. The maximum Gasteiger partial charge on any atom is 0.0804 e. The molecule has 0 aliphatic rings. The Morgan fingerprint density at radius 1 is 1.38 bits per heavy atom. The second-order valence-electron chi connectivity index (χ2n) is 3.45. The van der Waals surface area contributed by atoms with Crippen LogP contribution in [0, 0.1) is 13.8 Å². The molecule has 1 aromatic carbocycles. The summed E-state index contributed by atoms with van der Waals surface area (Å²) < 4.78 is 0. The quantitative estimate of drug-likeness (QED) is 0.741. The van der Waals surface area contributed by atoms with Crippen molar-refractivity contribution < 1.29 is 5.11 Å². The molecule has 1 aromatic rings. The van der Waals surface area contributed by atoms with Gasteiger partial charge in [-0.3, -0.25) is 0 Å². The molecule has 1 rings (SSSR count). The third-order valence-corrected chi connectivity index (χ3v) is 2.23. The average molecular weight is 179 g/mol. The number of hydrogen-bond donors (Lipinski definition) is 2. The third-order valence-electron chi connectivity index (χ3n) is 2.23. The molecule has 1 atom stereocenters. The number of hydrogen-bond acceptors (Lipinski definition) is 2. The number of benzene rings is 1. The van der Waals surface area contributed by atoms with Crippen molar-refractivity contribution in [3.8, 4) is 0 Å². The molecule has 0 heterocycles. The Kier molecular flexibility index (Phi) is 3.46. The van der Waals surface area contributed by atoms with Gasteiger partial charge in [-0.05, 0) is 37.9 Å². The third kappa shape index (κ3) is 2.54. The summed E-state index contributed by atoms with van der Waals surface area (Å²) in [6.45, 7) is 4.56. The van der Waals surface area contributed by atoms with Crippen LogP contribution in [0.1, 0.15) is 29.2 Å². The maximum absolute atomic E-state index is 9.75. The maximum atomic E-state index is 9.75. The SMILES string of the molecule is Cc1ccc(C)c([C@H](O)CCN)c1. The van der Waals surface area contributed by atoms with Gasteiger partial charge in [0.15, 0.2) is 0 Å². The minimum absolute atomic E-state index is 0.412. The van der Waals surface area contributed by atoms with Crippen LogP contribution in [-0.4, -0.2) is 11.7 Å². The van der Waals surface area contributed by atoms with Crippen LogP contribution >= 0.6 is 0 Å². The summed E-state index contributed by atoms with van der Waals surface area (Å²) in [6, 6.07) is 6.11. The van der Waals surface area contributed by atoms with E-state index in [2.05, 4.69) is 0 Å². The first-order chi connectivity index (χ1) is 6.15. The Morgan fingerprint density at radius 2 is 2.08 bits per heavy atom. The molecule has 0 aliphatic carbocycles. The zero-order valence-electron chi connectivity index (χ0n) is 8.25. The standard InChI is InChI=1S/C11H17NO/c1-8-3-4-9(2)10(7-8)11(13)5-6-12/h3-4,7,11,13H,5-6,12H2,1-2H3/t11-/m1/s1. The van der Waals surface area contributed by atoms with Crippen molar-refractivity contribution in [2.24, 2.45) is 5.73 Å². The van der Waals surface area contributed by atoms with Gasteiger partial charge in [0, 0.05) is 0 Å². The largest absolute Gasteiger partial charge is 0.388 e. The topological polar surface area (TPSA) is 46.2 Å². The molecule has 0 unspecified atom stereocenters. The number of aliphatic hydroxyl groups excluding tert-OH is 1. The summed E-state index contributed by atoms with van der Waals surface area (Å²) in [6.07, 6.45) is 0.217. The monoisotopic (exact) mass is 179 g/mol. The van der Waals surface area contributed by atoms with E-state index in [4.69, 9.17) is 5.73 Å². The second kappa shape index (κ2) is 4.40. The van der Waals surface area contributed by atoms with E-state index in [-0.39, 0.29) is 0 Å². The Morgan fingerprint density at radius 3 is 2.69 bits per heavy atom. The van der Waals surface area contributed by atoms with Gasteiger partial charge in [0.05, 0.1) is 6.10 Å². The van der Waals surface area contributed by atoms with E-state index in [1.54, 1.807) is 0 Å². The summed E-state index contributed by atoms with van der Waals surface area (Å²) in [5.41, 5.74) is 8.71. The molecule has 0 radical (unpaired) electrons. The molecular formula is C11H17NO. The zero-order chi connectivity index (χ0) is 9.84. The molecule has 0 bridgehead atoms. The van der Waals surface area contributed by atoms with Crippen molar-refractivity contribution in [1.29, 1.82) is 0 Å². The highest BCUT2D eigenvalue weighted by molar-refractivity contribution is 5.32. The molecular weight excluding hydrogens is 162 g/mol. The smallest absolute Gasteiger partial charge is 0.0804 e. The number of nitrogens with two attached hydrogens (primary N) is 1. The van der Waals surface area contributed by atoms with E-state index in [9.17, 15) is 5.11 Å². The number of rotatable bonds is 3. The lowest BCUT2D eigenvalue weighted by Gasteiger charge is -2.13. The van der Waals surface area contributed by atoms with Crippen molar-refractivity contribution >= 4 is 0 Å². The molecule has 72 valence electrons. The average Bonchev–Trinajstić information content (AvgIpc) is 2.09.